The van der Waals surface area contributed by atoms with Crippen molar-refractivity contribution in [3.63, 3.8) is 0 Å². The lowest BCUT2D eigenvalue weighted by atomic mass is 10.1. The molecule has 0 spiro atoms. The summed E-state index contributed by atoms with van der Waals surface area (Å²) in [4.78, 5) is 16.1. The molecule has 5 heteroatoms. The summed E-state index contributed by atoms with van der Waals surface area (Å²) in [6.07, 6.45) is 0.355. The Hall–Kier alpha value is -2.87. The standard InChI is InChI=1S/C15H14N4O/c1-10-8-12(9-14(17)18-10)15(20)19-13-4-2-11(3-5-13)6-7-16/h2-5,8-9H,6H2,1H3,(H2,17,18)(H,19,20). The van der Waals surface area contributed by atoms with E-state index in [4.69, 9.17) is 11.0 Å². The first-order valence-corrected chi connectivity index (χ1v) is 6.10. The molecule has 5 nitrogen and oxygen atoms in total. The van der Waals surface area contributed by atoms with E-state index in [9.17, 15) is 4.79 Å². The Bertz CT molecular complexity index is 651. The number of pyridine rings is 1. The molecule has 0 aliphatic heterocycles. The van der Waals surface area contributed by atoms with Gasteiger partial charge >= 0.3 is 0 Å². The van der Waals surface area contributed by atoms with Gasteiger partial charge in [-0.15, -0.1) is 0 Å². The molecule has 1 aromatic carbocycles. The van der Waals surface area contributed by atoms with Crippen LogP contribution in [0.1, 0.15) is 21.6 Å². The molecule has 0 aliphatic rings. The zero-order valence-corrected chi connectivity index (χ0v) is 11.1. The van der Waals surface area contributed by atoms with Crippen LogP contribution in [0.25, 0.3) is 0 Å². The fourth-order valence-corrected chi connectivity index (χ4v) is 1.83. The second kappa shape index (κ2) is 5.85. The van der Waals surface area contributed by atoms with E-state index in [1.165, 1.54) is 6.07 Å². The van der Waals surface area contributed by atoms with Crippen molar-refractivity contribution in [3.05, 3.63) is 53.2 Å². The predicted molar refractivity (Wildman–Crippen MR) is 77.1 cm³/mol. The number of hydrogen-bond acceptors (Lipinski definition) is 4. The van der Waals surface area contributed by atoms with Crippen LogP contribution in [0.3, 0.4) is 0 Å². The molecule has 2 rings (SSSR count). The molecule has 0 unspecified atom stereocenters. The highest BCUT2D eigenvalue weighted by Gasteiger charge is 2.08. The topological polar surface area (TPSA) is 91.8 Å². The average molecular weight is 266 g/mol. The summed E-state index contributed by atoms with van der Waals surface area (Å²) < 4.78 is 0. The minimum atomic E-state index is -0.241. The van der Waals surface area contributed by atoms with Crippen molar-refractivity contribution >= 4 is 17.4 Å². The van der Waals surface area contributed by atoms with Crippen LogP contribution in [0.2, 0.25) is 0 Å². The average Bonchev–Trinajstić information content (AvgIpc) is 2.40. The van der Waals surface area contributed by atoms with Gasteiger partial charge in [-0.25, -0.2) is 4.98 Å². The summed E-state index contributed by atoms with van der Waals surface area (Å²) >= 11 is 0. The molecule has 0 atom stereocenters. The zero-order valence-electron chi connectivity index (χ0n) is 11.1. The van der Waals surface area contributed by atoms with E-state index in [2.05, 4.69) is 16.4 Å². The maximum Gasteiger partial charge on any atom is 0.255 e. The number of aryl methyl sites for hydroxylation is 1. The van der Waals surface area contributed by atoms with Crippen LogP contribution in [0.15, 0.2) is 36.4 Å². The van der Waals surface area contributed by atoms with Gasteiger partial charge in [0.15, 0.2) is 0 Å². The first-order chi connectivity index (χ1) is 9.58. The van der Waals surface area contributed by atoms with Gasteiger partial charge in [0.05, 0.1) is 12.5 Å². The second-order valence-electron chi connectivity index (χ2n) is 4.41. The molecule has 0 fully saturated rings. The van der Waals surface area contributed by atoms with Crippen LogP contribution in [0.4, 0.5) is 11.5 Å². The lowest BCUT2D eigenvalue weighted by molar-refractivity contribution is 0.102. The van der Waals surface area contributed by atoms with Crippen molar-refractivity contribution in [2.45, 2.75) is 13.3 Å². The number of nitriles is 1. The summed E-state index contributed by atoms with van der Waals surface area (Å²) in [6.45, 7) is 1.78. The number of carbonyl (C=O) groups excluding carboxylic acids is 1. The van der Waals surface area contributed by atoms with E-state index in [1.807, 2.05) is 12.1 Å². The van der Waals surface area contributed by atoms with Crippen molar-refractivity contribution in [2.24, 2.45) is 0 Å². The van der Waals surface area contributed by atoms with E-state index in [1.54, 1.807) is 25.1 Å². The minimum absolute atomic E-state index is 0.241. The highest BCUT2D eigenvalue weighted by atomic mass is 16.1. The molecule has 1 heterocycles. The SMILES string of the molecule is Cc1cc(C(=O)Nc2ccc(CC#N)cc2)cc(N)n1. The number of carbonyl (C=O) groups is 1. The molecule has 0 bridgehead atoms. The third-order valence-corrected chi connectivity index (χ3v) is 2.73. The van der Waals surface area contributed by atoms with Crippen LogP contribution < -0.4 is 11.1 Å². The molecule has 3 N–H and O–H groups in total. The Kier molecular flexibility index (Phi) is 3.96. The molecule has 2 aromatic rings. The molecule has 1 amide bonds. The summed E-state index contributed by atoms with van der Waals surface area (Å²) in [5, 5.41) is 11.4. The van der Waals surface area contributed by atoms with Crippen molar-refractivity contribution < 1.29 is 4.79 Å². The van der Waals surface area contributed by atoms with Crippen LogP contribution >= 0.6 is 0 Å². The quantitative estimate of drug-likeness (QED) is 0.891. The second-order valence-corrected chi connectivity index (χ2v) is 4.41. The smallest absolute Gasteiger partial charge is 0.255 e. The molecule has 0 saturated heterocycles. The molecule has 1 aromatic heterocycles. The Balaban J connectivity index is 2.13. The molecule has 0 radical (unpaired) electrons. The van der Waals surface area contributed by atoms with Gasteiger partial charge in [-0.3, -0.25) is 4.79 Å². The lowest BCUT2D eigenvalue weighted by Gasteiger charge is -2.07. The number of nitrogen functional groups attached to an aromatic ring is 1. The van der Waals surface area contributed by atoms with Gasteiger partial charge in [-0.2, -0.15) is 5.26 Å². The minimum Gasteiger partial charge on any atom is -0.384 e. The summed E-state index contributed by atoms with van der Waals surface area (Å²) in [5.74, 6) is 0.0785. The Morgan fingerprint density at radius 2 is 2.05 bits per heavy atom. The largest absolute Gasteiger partial charge is 0.384 e. The third-order valence-electron chi connectivity index (χ3n) is 2.73. The normalized spacial score (nSPS) is 9.80. The van der Waals surface area contributed by atoms with Gasteiger partial charge in [0.2, 0.25) is 0 Å². The monoisotopic (exact) mass is 266 g/mol. The Morgan fingerprint density at radius 1 is 1.35 bits per heavy atom. The fourth-order valence-electron chi connectivity index (χ4n) is 1.83. The number of rotatable bonds is 3. The number of nitrogens with one attached hydrogen (secondary N) is 1. The van der Waals surface area contributed by atoms with Crippen LogP contribution in [0.5, 0.6) is 0 Å². The lowest BCUT2D eigenvalue weighted by Crippen LogP contribution is -2.13. The number of benzene rings is 1. The summed E-state index contributed by atoms with van der Waals surface area (Å²) in [7, 11) is 0. The number of anilines is 2. The van der Waals surface area contributed by atoms with Gasteiger partial charge in [-0.1, -0.05) is 12.1 Å². The maximum absolute atomic E-state index is 12.1. The number of amides is 1. The number of nitrogens with two attached hydrogens (primary N) is 1. The van der Waals surface area contributed by atoms with Gasteiger partial charge < -0.3 is 11.1 Å². The highest BCUT2D eigenvalue weighted by molar-refractivity contribution is 6.04. The van der Waals surface area contributed by atoms with E-state index in [0.717, 1.165) is 5.56 Å². The predicted octanol–water partition coefficient (Wildman–Crippen LogP) is 2.29. The van der Waals surface area contributed by atoms with Gasteiger partial charge in [0.1, 0.15) is 5.82 Å². The molecular formula is C15H14N4O. The zero-order chi connectivity index (χ0) is 14.5. The maximum atomic E-state index is 12.1. The Labute approximate surface area is 117 Å². The molecule has 20 heavy (non-hydrogen) atoms. The third kappa shape index (κ3) is 3.33. The van der Waals surface area contributed by atoms with Crippen LogP contribution in [0, 0.1) is 18.3 Å². The van der Waals surface area contributed by atoms with Crippen molar-refractivity contribution in [1.82, 2.24) is 4.98 Å². The van der Waals surface area contributed by atoms with Crippen LogP contribution in [-0.4, -0.2) is 10.9 Å². The van der Waals surface area contributed by atoms with Gasteiger partial charge in [-0.05, 0) is 36.8 Å². The van der Waals surface area contributed by atoms with E-state index < -0.39 is 0 Å². The molecule has 0 aliphatic carbocycles. The number of hydrogen-bond donors (Lipinski definition) is 2. The summed E-state index contributed by atoms with van der Waals surface area (Å²) in [5.41, 5.74) is 8.37. The van der Waals surface area contributed by atoms with Crippen molar-refractivity contribution in [1.29, 1.82) is 5.26 Å². The van der Waals surface area contributed by atoms with Gasteiger partial charge in [0, 0.05) is 16.9 Å². The van der Waals surface area contributed by atoms with Gasteiger partial charge in [0.25, 0.3) is 5.91 Å². The van der Waals surface area contributed by atoms with Crippen molar-refractivity contribution in [2.75, 3.05) is 11.1 Å². The number of nitrogens with zero attached hydrogens (tertiary/aromatic N) is 2. The van der Waals surface area contributed by atoms with E-state index >= 15 is 0 Å². The molecule has 100 valence electrons. The first kappa shape index (κ1) is 13.6. The Morgan fingerprint density at radius 3 is 2.65 bits per heavy atom. The molecular weight excluding hydrogens is 252 g/mol. The van der Waals surface area contributed by atoms with Crippen LogP contribution in [-0.2, 0) is 6.42 Å². The first-order valence-electron chi connectivity index (χ1n) is 6.10. The number of aromatic nitrogens is 1. The van der Waals surface area contributed by atoms with Crippen molar-refractivity contribution in [3.8, 4) is 6.07 Å². The van der Waals surface area contributed by atoms with E-state index in [-0.39, 0.29) is 5.91 Å². The highest BCUT2D eigenvalue weighted by Crippen LogP contribution is 2.13. The summed E-state index contributed by atoms with van der Waals surface area (Å²) in [6, 6.07) is 12.4. The van der Waals surface area contributed by atoms with E-state index in [0.29, 0.717) is 29.2 Å². The molecule has 0 saturated carbocycles. The fraction of sp³-hybridized carbons (Fsp3) is 0.133.